The maximum Gasteiger partial charge on any atom is 0.235 e. The van der Waals surface area contributed by atoms with Gasteiger partial charge in [-0.15, -0.1) is 11.3 Å². The number of nitro groups is 1. The molecule has 64 valence electrons. The molecule has 0 atom stereocenters. The topological polar surface area (TPSA) is 43.1 Å². The molecular weight excluding hydrogens is 174 g/mol. The molecule has 0 fully saturated rings. The van der Waals surface area contributed by atoms with Crippen LogP contribution in [-0.4, -0.2) is 4.92 Å². The first kappa shape index (κ1) is 8.93. The molecule has 0 bridgehead atoms. The summed E-state index contributed by atoms with van der Waals surface area (Å²) in [6.07, 6.45) is 2.51. The van der Waals surface area contributed by atoms with Gasteiger partial charge in [-0.2, -0.15) is 0 Å². The second kappa shape index (κ2) is 3.49. The lowest BCUT2D eigenvalue weighted by Crippen LogP contribution is -1.82. The summed E-state index contributed by atoms with van der Waals surface area (Å²) in [6.45, 7) is 3.96. The maximum atomic E-state index is 10.0. The van der Waals surface area contributed by atoms with Crippen LogP contribution >= 0.6 is 11.3 Å². The highest BCUT2D eigenvalue weighted by Gasteiger charge is 2.00. The largest absolute Gasteiger partial charge is 0.259 e. The van der Waals surface area contributed by atoms with Gasteiger partial charge in [0.05, 0.1) is 4.92 Å². The number of thiophene rings is 1. The minimum absolute atomic E-state index is 0.450. The minimum atomic E-state index is -0.450. The normalized spacial score (nSPS) is 10.8. The molecule has 1 aromatic rings. The van der Waals surface area contributed by atoms with E-state index in [2.05, 4.69) is 0 Å². The van der Waals surface area contributed by atoms with Gasteiger partial charge >= 0.3 is 0 Å². The van der Waals surface area contributed by atoms with Gasteiger partial charge in [-0.05, 0) is 30.4 Å². The fourth-order valence-corrected chi connectivity index (χ4v) is 1.77. The third-order valence-electron chi connectivity index (χ3n) is 1.67. The van der Waals surface area contributed by atoms with Crippen molar-refractivity contribution < 1.29 is 4.92 Å². The molecule has 0 aliphatic heterocycles. The minimum Gasteiger partial charge on any atom is -0.259 e. The molecule has 1 rings (SSSR count). The Hall–Kier alpha value is -1.16. The molecule has 4 heteroatoms. The average Bonchev–Trinajstić information content (AvgIpc) is 2.30. The van der Waals surface area contributed by atoms with Gasteiger partial charge in [0, 0.05) is 11.0 Å². The Morgan fingerprint density at radius 1 is 1.58 bits per heavy atom. The van der Waals surface area contributed by atoms with Crippen molar-refractivity contribution >= 4 is 17.4 Å². The van der Waals surface area contributed by atoms with E-state index < -0.39 is 4.92 Å². The summed E-state index contributed by atoms with van der Waals surface area (Å²) in [4.78, 5) is 10.5. The highest BCUT2D eigenvalue weighted by atomic mass is 32.1. The molecule has 12 heavy (non-hydrogen) atoms. The van der Waals surface area contributed by atoms with Crippen LogP contribution in [0.15, 0.2) is 11.6 Å². The van der Waals surface area contributed by atoms with Crippen LogP contribution in [0.2, 0.25) is 0 Å². The summed E-state index contributed by atoms with van der Waals surface area (Å²) in [6, 6.07) is 0. The fourth-order valence-electron chi connectivity index (χ4n) is 0.816. The SMILES string of the molecule is Cc1csc(C=C[N+](=O)[O-])c1C. The Morgan fingerprint density at radius 2 is 2.25 bits per heavy atom. The Bertz CT molecular complexity index is 328. The van der Waals surface area contributed by atoms with Crippen LogP contribution in [0, 0.1) is 24.0 Å². The number of hydrogen-bond donors (Lipinski definition) is 0. The first-order valence-corrected chi connectivity index (χ1v) is 4.35. The monoisotopic (exact) mass is 183 g/mol. The van der Waals surface area contributed by atoms with E-state index in [9.17, 15) is 10.1 Å². The molecular formula is C8H9NO2S. The molecule has 0 saturated heterocycles. The molecule has 1 heterocycles. The van der Waals surface area contributed by atoms with Crippen molar-refractivity contribution in [1.82, 2.24) is 0 Å². The standard InChI is InChI=1S/C8H9NO2S/c1-6-5-12-8(7(6)2)3-4-9(10)11/h3-5H,1-2H3. The lowest BCUT2D eigenvalue weighted by Gasteiger charge is -1.88. The zero-order valence-corrected chi connectivity index (χ0v) is 7.72. The Morgan fingerprint density at radius 3 is 2.67 bits per heavy atom. The van der Waals surface area contributed by atoms with Gasteiger partial charge in [0.2, 0.25) is 6.20 Å². The average molecular weight is 183 g/mol. The lowest BCUT2D eigenvalue weighted by molar-refractivity contribution is -0.400. The van der Waals surface area contributed by atoms with Gasteiger partial charge in [-0.25, -0.2) is 0 Å². The van der Waals surface area contributed by atoms with E-state index in [0.717, 1.165) is 16.6 Å². The van der Waals surface area contributed by atoms with Crippen molar-refractivity contribution in [3.8, 4) is 0 Å². The number of hydrogen-bond acceptors (Lipinski definition) is 3. The van der Waals surface area contributed by atoms with Crippen LogP contribution in [0.1, 0.15) is 16.0 Å². The van der Waals surface area contributed by atoms with E-state index >= 15 is 0 Å². The second-order valence-electron chi connectivity index (χ2n) is 2.51. The van der Waals surface area contributed by atoms with Crippen LogP contribution in [0.25, 0.3) is 6.08 Å². The van der Waals surface area contributed by atoms with E-state index in [4.69, 9.17) is 0 Å². The molecule has 0 amide bonds. The predicted octanol–water partition coefficient (Wildman–Crippen LogP) is 2.61. The number of nitrogens with zero attached hydrogens (tertiary/aromatic N) is 1. The van der Waals surface area contributed by atoms with Crippen LogP contribution in [0.5, 0.6) is 0 Å². The third-order valence-corrected chi connectivity index (χ3v) is 2.84. The molecule has 0 unspecified atom stereocenters. The molecule has 0 aromatic carbocycles. The quantitative estimate of drug-likeness (QED) is 0.522. The van der Waals surface area contributed by atoms with E-state index in [1.54, 1.807) is 0 Å². The van der Waals surface area contributed by atoms with Crippen molar-refractivity contribution in [3.63, 3.8) is 0 Å². The zero-order chi connectivity index (χ0) is 9.14. The molecule has 3 nitrogen and oxygen atoms in total. The van der Waals surface area contributed by atoms with Crippen LogP contribution < -0.4 is 0 Å². The highest BCUT2D eigenvalue weighted by Crippen LogP contribution is 2.21. The first-order chi connectivity index (χ1) is 5.61. The smallest absolute Gasteiger partial charge is 0.235 e. The number of rotatable bonds is 2. The number of aryl methyl sites for hydroxylation is 1. The first-order valence-electron chi connectivity index (χ1n) is 3.47. The van der Waals surface area contributed by atoms with Gasteiger partial charge in [-0.1, -0.05) is 0 Å². The summed E-state index contributed by atoms with van der Waals surface area (Å²) < 4.78 is 0. The second-order valence-corrected chi connectivity index (χ2v) is 3.42. The fraction of sp³-hybridized carbons (Fsp3) is 0.250. The van der Waals surface area contributed by atoms with Crippen molar-refractivity contribution in [2.45, 2.75) is 13.8 Å². The summed E-state index contributed by atoms with van der Waals surface area (Å²) in [7, 11) is 0. The van der Waals surface area contributed by atoms with Crippen LogP contribution in [0.3, 0.4) is 0 Å². The van der Waals surface area contributed by atoms with Gasteiger partial charge in [0.15, 0.2) is 0 Å². The molecule has 1 aromatic heterocycles. The van der Waals surface area contributed by atoms with Crippen molar-refractivity contribution in [2.75, 3.05) is 0 Å². The van der Waals surface area contributed by atoms with Gasteiger partial charge in [-0.3, -0.25) is 10.1 Å². The molecule has 0 spiro atoms. The Balaban J connectivity index is 2.90. The highest BCUT2D eigenvalue weighted by molar-refractivity contribution is 7.11. The van der Waals surface area contributed by atoms with E-state index in [0.29, 0.717) is 0 Å². The van der Waals surface area contributed by atoms with Crippen molar-refractivity contribution in [2.24, 2.45) is 0 Å². The third kappa shape index (κ3) is 1.92. The van der Waals surface area contributed by atoms with Gasteiger partial charge < -0.3 is 0 Å². The van der Waals surface area contributed by atoms with Crippen molar-refractivity contribution in [1.29, 1.82) is 0 Å². The van der Waals surface area contributed by atoms with Crippen molar-refractivity contribution in [3.05, 3.63) is 37.7 Å². The van der Waals surface area contributed by atoms with Crippen LogP contribution in [0.4, 0.5) is 0 Å². The maximum absolute atomic E-state index is 10.0. The Kier molecular flexibility index (Phi) is 2.60. The lowest BCUT2D eigenvalue weighted by atomic mass is 10.2. The molecule has 0 saturated carbocycles. The molecule has 0 aliphatic rings. The summed E-state index contributed by atoms with van der Waals surface area (Å²) in [5, 5.41) is 12.0. The summed E-state index contributed by atoms with van der Waals surface area (Å²) in [5.74, 6) is 0. The Labute approximate surface area is 74.5 Å². The van der Waals surface area contributed by atoms with E-state index in [1.165, 1.54) is 23.0 Å². The van der Waals surface area contributed by atoms with E-state index in [-0.39, 0.29) is 0 Å². The molecule has 0 aliphatic carbocycles. The van der Waals surface area contributed by atoms with E-state index in [1.807, 2.05) is 19.2 Å². The van der Waals surface area contributed by atoms with Gasteiger partial charge in [0.25, 0.3) is 0 Å². The molecule has 0 radical (unpaired) electrons. The summed E-state index contributed by atoms with van der Waals surface area (Å²) >= 11 is 1.53. The predicted molar refractivity (Wildman–Crippen MR) is 49.8 cm³/mol. The van der Waals surface area contributed by atoms with Gasteiger partial charge in [0.1, 0.15) is 0 Å². The summed E-state index contributed by atoms with van der Waals surface area (Å²) in [5.41, 5.74) is 2.31. The molecule has 0 N–H and O–H groups in total. The zero-order valence-electron chi connectivity index (χ0n) is 6.90. The van der Waals surface area contributed by atoms with Crippen LogP contribution in [-0.2, 0) is 0 Å².